The standard InChI is InChI=1S/C16H25N3O/c1-11-6-7-12(2)14(8-11)16-17-9-15(20)19(16)13(3)10-18(4)5/h6-8,13,16-17H,9-10H2,1-5H3. The first-order chi connectivity index (χ1) is 9.40. The molecule has 0 saturated carbocycles. The van der Waals surface area contributed by atoms with Crippen molar-refractivity contribution < 1.29 is 4.79 Å². The maximum Gasteiger partial charge on any atom is 0.238 e. The average Bonchev–Trinajstić information content (AvgIpc) is 2.73. The molecule has 2 atom stereocenters. The van der Waals surface area contributed by atoms with Gasteiger partial charge < -0.3 is 9.80 Å². The third-order valence-corrected chi connectivity index (χ3v) is 3.85. The maximum atomic E-state index is 12.2. The van der Waals surface area contributed by atoms with Gasteiger partial charge in [0.15, 0.2) is 0 Å². The smallest absolute Gasteiger partial charge is 0.238 e. The highest BCUT2D eigenvalue weighted by atomic mass is 16.2. The van der Waals surface area contributed by atoms with Crippen LogP contribution < -0.4 is 5.32 Å². The largest absolute Gasteiger partial charge is 0.318 e. The van der Waals surface area contributed by atoms with E-state index < -0.39 is 0 Å². The summed E-state index contributed by atoms with van der Waals surface area (Å²) in [6.07, 6.45) is -0.00245. The molecule has 4 nitrogen and oxygen atoms in total. The third kappa shape index (κ3) is 3.02. The van der Waals surface area contributed by atoms with Crippen LogP contribution >= 0.6 is 0 Å². The van der Waals surface area contributed by atoms with E-state index in [1.165, 1.54) is 16.7 Å². The fraction of sp³-hybridized carbons (Fsp3) is 0.562. The molecule has 1 aromatic carbocycles. The van der Waals surface area contributed by atoms with Crippen molar-refractivity contribution in [2.75, 3.05) is 27.2 Å². The van der Waals surface area contributed by atoms with Crippen molar-refractivity contribution in [3.05, 3.63) is 34.9 Å². The summed E-state index contributed by atoms with van der Waals surface area (Å²) in [5, 5.41) is 3.35. The molecule has 0 bridgehead atoms. The predicted molar refractivity (Wildman–Crippen MR) is 81.5 cm³/mol. The Morgan fingerprint density at radius 1 is 1.40 bits per heavy atom. The summed E-state index contributed by atoms with van der Waals surface area (Å²) < 4.78 is 0. The number of benzene rings is 1. The van der Waals surface area contributed by atoms with Crippen LogP contribution in [0.1, 0.15) is 29.8 Å². The van der Waals surface area contributed by atoms with E-state index in [-0.39, 0.29) is 18.1 Å². The number of carbonyl (C=O) groups excluding carboxylic acids is 1. The molecule has 1 N–H and O–H groups in total. The molecule has 1 saturated heterocycles. The molecular weight excluding hydrogens is 250 g/mol. The predicted octanol–water partition coefficient (Wildman–Crippen LogP) is 1.68. The van der Waals surface area contributed by atoms with Gasteiger partial charge in [-0.3, -0.25) is 10.1 Å². The van der Waals surface area contributed by atoms with Crippen LogP contribution in [-0.4, -0.2) is 48.9 Å². The summed E-state index contributed by atoms with van der Waals surface area (Å²) in [6, 6.07) is 6.62. The van der Waals surface area contributed by atoms with Crippen molar-refractivity contribution >= 4 is 5.91 Å². The average molecular weight is 275 g/mol. The van der Waals surface area contributed by atoms with E-state index >= 15 is 0 Å². The lowest BCUT2D eigenvalue weighted by Crippen LogP contribution is -2.43. The lowest BCUT2D eigenvalue weighted by Gasteiger charge is -2.33. The SMILES string of the molecule is Cc1ccc(C)c(C2NCC(=O)N2C(C)CN(C)C)c1. The molecule has 1 fully saturated rings. The second kappa shape index (κ2) is 5.94. The van der Waals surface area contributed by atoms with E-state index in [1.54, 1.807) is 0 Å². The highest BCUT2D eigenvalue weighted by molar-refractivity contribution is 5.81. The van der Waals surface area contributed by atoms with Crippen LogP contribution in [0.4, 0.5) is 0 Å². The van der Waals surface area contributed by atoms with Gasteiger partial charge >= 0.3 is 0 Å². The van der Waals surface area contributed by atoms with Crippen molar-refractivity contribution in [2.24, 2.45) is 0 Å². The monoisotopic (exact) mass is 275 g/mol. The summed E-state index contributed by atoms with van der Waals surface area (Å²) in [5.74, 6) is 0.185. The summed E-state index contributed by atoms with van der Waals surface area (Å²) >= 11 is 0. The van der Waals surface area contributed by atoms with E-state index in [2.05, 4.69) is 49.2 Å². The van der Waals surface area contributed by atoms with Gasteiger partial charge in [0, 0.05) is 12.6 Å². The maximum absolute atomic E-state index is 12.2. The molecule has 4 heteroatoms. The molecule has 1 aliphatic rings. The van der Waals surface area contributed by atoms with Gasteiger partial charge in [-0.25, -0.2) is 0 Å². The van der Waals surface area contributed by atoms with E-state index in [1.807, 2.05) is 19.0 Å². The van der Waals surface area contributed by atoms with Crippen LogP contribution in [0.3, 0.4) is 0 Å². The van der Waals surface area contributed by atoms with Crippen LogP contribution in [0.15, 0.2) is 18.2 Å². The quantitative estimate of drug-likeness (QED) is 0.908. The fourth-order valence-corrected chi connectivity index (χ4v) is 2.95. The second-order valence-electron chi connectivity index (χ2n) is 6.06. The lowest BCUT2D eigenvalue weighted by molar-refractivity contribution is -0.130. The molecule has 1 amide bonds. The van der Waals surface area contributed by atoms with Gasteiger partial charge in [-0.2, -0.15) is 0 Å². The van der Waals surface area contributed by atoms with E-state index in [0.717, 1.165) is 6.54 Å². The molecule has 0 aliphatic carbocycles. The summed E-state index contributed by atoms with van der Waals surface area (Å²) in [7, 11) is 4.08. The van der Waals surface area contributed by atoms with Crippen LogP contribution in [0, 0.1) is 13.8 Å². The van der Waals surface area contributed by atoms with Crippen molar-refractivity contribution in [2.45, 2.75) is 33.0 Å². The topological polar surface area (TPSA) is 35.6 Å². The Kier molecular flexibility index (Phi) is 4.45. The highest BCUT2D eigenvalue weighted by Gasteiger charge is 2.35. The lowest BCUT2D eigenvalue weighted by atomic mass is 10.0. The van der Waals surface area contributed by atoms with Gasteiger partial charge in [0.1, 0.15) is 6.17 Å². The van der Waals surface area contributed by atoms with Crippen LogP contribution in [0.2, 0.25) is 0 Å². The van der Waals surface area contributed by atoms with Gasteiger partial charge in [0.25, 0.3) is 0 Å². The Morgan fingerprint density at radius 3 is 2.75 bits per heavy atom. The zero-order chi connectivity index (χ0) is 14.9. The summed E-state index contributed by atoms with van der Waals surface area (Å²) in [6.45, 7) is 7.61. The minimum Gasteiger partial charge on any atom is -0.318 e. The normalized spacial score (nSPS) is 20.8. The van der Waals surface area contributed by atoms with Crippen molar-refractivity contribution in [1.29, 1.82) is 0 Å². The number of amides is 1. The van der Waals surface area contributed by atoms with Gasteiger partial charge in [-0.1, -0.05) is 23.8 Å². The summed E-state index contributed by atoms with van der Waals surface area (Å²) in [4.78, 5) is 16.3. The number of hydrogen-bond donors (Lipinski definition) is 1. The molecule has 0 aromatic heterocycles. The van der Waals surface area contributed by atoms with Crippen LogP contribution in [0.25, 0.3) is 0 Å². The number of carbonyl (C=O) groups is 1. The molecule has 1 heterocycles. The second-order valence-corrected chi connectivity index (χ2v) is 6.06. The third-order valence-electron chi connectivity index (χ3n) is 3.85. The Labute approximate surface area is 121 Å². The number of hydrogen-bond acceptors (Lipinski definition) is 3. The molecular formula is C16H25N3O. The fourth-order valence-electron chi connectivity index (χ4n) is 2.95. The number of nitrogens with one attached hydrogen (secondary N) is 1. The molecule has 0 radical (unpaired) electrons. The van der Waals surface area contributed by atoms with E-state index in [0.29, 0.717) is 6.54 Å². The summed E-state index contributed by atoms with van der Waals surface area (Å²) in [5.41, 5.74) is 3.67. The van der Waals surface area contributed by atoms with E-state index in [9.17, 15) is 4.79 Å². The first-order valence-electron chi connectivity index (χ1n) is 7.16. The van der Waals surface area contributed by atoms with Gasteiger partial charge in [-0.15, -0.1) is 0 Å². The van der Waals surface area contributed by atoms with E-state index in [4.69, 9.17) is 0 Å². The Bertz CT molecular complexity index is 498. The molecule has 20 heavy (non-hydrogen) atoms. The van der Waals surface area contributed by atoms with Crippen molar-refractivity contribution in [3.63, 3.8) is 0 Å². The Morgan fingerprint density at radius 2 is 2.10 bits per heavy atom. The Hall–Kier alpha value is -1.39. The first-order valence-corrected chi connectivity index (χ1v) is 7.16. The highest BCUT2D eigenvalue weighted by Crippen LogP contribution is 2.28. The minimum absolute atomic E-state index is 0.00245. The molecule has 2 unspecified atom stereocenters. The van der Waals surface area contributed by atoms with Crippen molar-refractivity contribution in [3.8, 4) is 0 Å². The number of rotatable bonds is 4. The molecule has 1 aromatic rings. The molecule has 110 valence electrons. The zero-order valence-electron chi connectivity index (χ0n) is 13.1. The number of aryl methyl sites for hydroxylation is 2. The molecule has 0 spiro atoms. The number of likely N-dealkylation sites (N-methyl/N-ethyl adjacent to an activating group) is 1. The zero-order valence-corrected chi connectivity index (χ0v) is 13.1. The first kappa shape index (κ1) is 15.0. The van der Waals surface area contributed by atoms with Gasteiger partial charge in [-0.05, 0) is 46.0 Å². The molecule has 2 rings (SSSR count). The minimum atomic E-state index is -0.00245. The van der Waals surface area contributed by atoms with Crippen LogP contribution in [0.5, 0.6) is 0 Å². The Balaban J connectivity index is 2.30. The van der Waals surface area contributed by atoms with Crippen LogP contribution in [-0.2, 0) is 4.79 Å². The number of nitrogens with zero attached hydrogens (tertiary/aromatic N) is 2. The van der Waals surface area contributed by atoms with Gasteiger partial charge in [0.2, 0.25) is 5.91 Å². The molecule has 1 aliphatic heterocycles. The van der Waals surface area contributed by atoms with Crippen molar-refractivity contribution in [1.82, 2.24) is 15.1 Å². The van der Waals surface area contributed by atoms with Gasteiger partial charge in [0.05, 0.1) is 6.54 Å².